The number of fused-ring (bicyclic) bond motifs is 1. The van der Waals surface area contributed by atoms with E-state index in [0.717, 1.165) is 28.9 Å². The van der Waals surface area contributed by atoms with Gasteiger partial charge in [-0.2, -0.15) is 0 Å². The molecule has 1 atom stereocenters. The Balaban J connectivity index is 1.82. The number of nitrogens with zero attached hydrogens (tertiary/aromatic N) is 2. The number of hydrogen-bond donors (Lipinski definition) is 1. The van der Waals surface area contributed by atoms with E-state index in [1.165, 1.54) is 0 Å². The van der Waals surface area contributed by atoms with Crippen LogP contribution in [0, 0.1) is 0 Å². The molecule has 0 bridgehead atoms. The lowest BCUT2D eigenvalue weighted by atomic mass is 9.96. The summed E-state index contributed by atoms with van der Waals surface area (Å²) in [5, 5.41) is 3.41. The topological polar surface area (TPSA) is 44.7 Å². The predicted molar refractivity (Wildman–Crippen MR) is 99.2 cm³/mol. The van der Waals surface area contributed by atoms with Crippen LogP contribution in [0.2, 0.25) is 0 Å². The van der Waals surface area contributed by atoms with Crippen LogP contribution in [0.5, 0.6) is 0 Å². The Hall–Kier alpha value is -2.88. The number of rotatable bonds is 3. The minimum atomic E-state index is -0.0988. The minimum absolute atomic E-state index is 0.0238. The number of aliphatic imine (C=N–C) groups is 1. The van der Waals surface area contributed by atoms with Crippen LogP contribution in [0.1, 0.15) is 24.1 Å². The zero-order valence-corrected chi connectivity index (χ0v) is 14.3. The molecule has 2 aromatic rings. The van der Waals surface area contributed by atoms with Gasteiger partial charge in [-0.25, -0.2) is 0 Å². The van der Waals surface area contributed by atoms with E-state index in [0.29, 0.717) is 18.8 Å². The molecule has 0 aliphatic carbocycles. The second-order valence-corrected chi connectivity index (χ2v) is 6.43. The first-order valence-corrected chi connectivity index (χ1v) is 8.65. The number of likely N-dealkylation sites (tertiary alicyclic amines) is 1. The molecule has 0 saturated carbocycles. The van der Waals surface area contributed by atoms with Gasteiger partial charge in [-0.05, 0) is 18.1 Å². The van der Waals surface area contributed by atoms with Crippen molar-refractivity contribution >= 4 is 11.6 Å². The van der Waals surface area contributed by atoms with Crippen molar-refractivity contribution in [2.24, 2.45) is 4.99 Å². The van der Waals surface area contributed by atoms with Crippen molar-refractivity contribution in [3.05, 3.63) is 83.1 Å². The van der Waals surface area contributed by atoms with Gasteiger partial charge in [0.05, 0.1) is 12.6 Å². The SMILES string of the molecule is CC1=C2C(=NCCN1)C(=O)N(Cc1ccccc1)C2c1ccccc1. The molecule has 0 aromatic heterocycles. The highest BCUT2D eigenvalue weighted by Crippen LogP contribution is 2.39. The van der Waals surface area contributed by atoms with Gasteiger partial charge in [0.25, 0.3) is 5.91 Å². The fourth-order valence-electron chi connectivity index (χ4n) is 3.62. The highest BCUT2D eigenvalue weighted by atomic mass is 16.2. The van der Waals surface area contributed by atoms with Crippen molar-refractivity contribution in [2.45, 2.75) is 19.5 Å². The average Bonchev–Trinajstić information content (AvgIpc) is 2.78. The van der Waals surface area contributed by atoms with Crippen molar-refractivity contribution in [3.8, 4) is 0 Å². The van der Waals surface area contributed by atoms with Crippen LogP contribution in [0.4, 0.5) is 0 Å². The summed E-state index contributed by atoms with van der Waals surface area (Å²) in [4.78, 5) is 19.7. The normalized spacial score (nSPS) is 20.0. The Morgan fingerprint density at radius 3 is 2.48 bits per heavy atom. The monoisotopic (exact) mass is 331 g/mol. The molecule has 2 aliphatic heterocycles. The standard InChI is InChI=1S/C21H21N3O/c1-15-18-19(23-13-12-22-15)21(25)24(14-16-8-4-2-5-9-16)20(18)17-10-6-3-7-11-17/h2-11,20,22H,12-14H2,1H3. The molecule has 1 saturated heterocycles. The largest absolute Gasteiger partial charge is 0.386 e. The summed E-state index contributed by atoms with van der Waals surface area (Å²) in [6.07, 6.45) is 0. The van der Waals surface area contributed by atoms with Gasteiger partial charge < -0.3 is 10.2 Å². The Bertz CT molecular complexity index is 840. The number of benzene rings is 2. The number of allylic oxidation sites excluding steroid dienone is 1. The van der Waals surface area contributed by atoms with Gasteiger partial charge >= 0.3 is 0 Å². The van der Waals surface area contributed by atoms with Crippen LogP contribution in [0.3, 0.4) is 0 Å². The van der Waals surface area contributed by atoms with Crippen LogP contribution in [-0.2, 0) is 11.3 Å². The fraction of sp³-hybridized carbons (Fsp3) is 0.238. The van der Waals surface area contributed by atoms with E-state index in [-0.39, 0.29) is 11.9 Å². The van der Waals surface area contributed by atoms with Gasteiger partial charge in [-0.1, -0.05) is 60.7 Å². The van der Waals surface area contributed by atoms with Crippen molar-refractivity contribution in [1.29, 1.82) is 0 Å². The second-order valence-electron chi connectivity index (χ2n) is 6.43. The fourth-order valence-corrected chi connectivity index (χ4v) is 3.62. The lowest BCUT2D eigenvalue weighted by Gasteiger charge is -2.26. The summed E-state index contributed by atoms with van der Waals surface area (Å²) >= 11 is 0. The molecule has 1 fully saturated rings. The number of carbonyl (C=O) groups is 1. The lowest BCUT2D eigenvalue weighted by molar-refractivity contribution is -0.124. The number of carbonyl (C=O) groups excluding carboxylic acids is 1. The molecule has 2 heterocycles. The second kappa shape index (κ2) is 6.55. The molecule has 126 valence electrons. The third-order valence-electron chi connectivity index (χ3n) is 4.79. The quantitative estimate of drug-likeness (QED) is 0.939. The van der Waals surface area contributed by atoms with E-state index in [4.69, 9.17) is 0 Å². The summed E-state index contributed by atoms with van der Waals surface area (Å²) in [7, 11) is 0. The van der Waals surface area contributed by atoms with E-state index in [1.807, 2.05) is 48.2 Å². The van der Waals surface area contributed by atoms with Gasteiger partial charge in [0.1, 0.15) is 5.71 Å². The maximum atomic E-state index is 13.2. The van der Waals surface area contributed by atoms with Crippen LogP contribution < -0.4 is 5.32 Å². The molecule has 0 radical (unpaired) electrons. The molecular weight excluding hydrogens is 310 g/mol. The Kier molecular flexibility index (Phi) is 4.10. The summed E-state index contributed by atoms with van der Waals surface area (Å²) in [6, 6.07) is 20.3. The molecule has 0 spiro atoms. The number of nitrogens with one attached hydrogen (secondary N) is 1. The van der Waals surface area contributed by atoms with E-state index < -0.39 is 0 Å². The first-order chi connectivity index (χ1) is 12.3. The van der Waals surface area contributed by atoms with Crippen LogP contribution in [0.25, 0.3) is 0 Å². The zero-order chi connectivity index (χ0) is 17.2. The third-order valence-corrected chi connectivity index (χ3v) is 4.79. The van der Waals surface area contributed by atoms with E-state index in [1.54, 1.807) is 0 Å². The molecule has 2 aliphatic rings. The van der Waals surface area contributed by atoms with Crippen LogP contribution in [-0.4, -0.2) is 29.6 Å². The third kappa shape index (κ3) is 2.84. The molecule has 1 N–H and O–H groups in total. The highest BCUT2D eigenvalue weighted by Gasteiger charge is 2.43. The maximum Gasteiger partial charge on any atom is 0.273 e. The van der Waals surface area contributed by atoms with Gasteiger partial charge in [0.2, 0.25) is 0 Å². The number of amides is 1. The Labute approximate surface area is 147 Å². The Morgan fingerprint density at radius 2 is 1.76 bits per heavy atom. The molecular formula is C21H21N3O. The lowest BCUT2D eigenvalue weighted by Crippen LogP contribution is -2.29. The number of hydrogen-bond acceptors (Lipinski definition) is 3. The molecule has 4 rings (SSSR count). The first kappa shape index (κ1) is 15.6. The molecule has 4 heteroatoms. The maximum absolute atomic E-state index is 13.2. The molecule has 1 unspecified atom stereocenters. The van der Waals surface area contributed by atoms with Gasteiger partial charge in [0.15, 0.2) is 0 Å². The molecule has 2 aromatic carbocycles. The summed E-state index contributed by atoms with van der Waals surface area (Å²) in [5.41, 5.74) is 4.93. The minimum Gasteiger partial charge on any atom is -0.386 e. The first-order valence-electron chi connectivity index (χ1n) is 8.65. The van der Waals surface area contributed by atoms with Gasteiger partial charge in [-0.3, -0.25) is 9.79 Å². The van der Waals surface area contributed by atoms with E-state index >= 15 is 0 Å². The average molecular weight is 331 g/mol. The smallest absolute Gasteiger partial charge is 0.273 e. The summed E-state index contributed by atoms with van der Waals surface area (Å²) < 4.78 is 0. The van der Waals surface area contributed by atoms with Crippen molar-refractivity contribution < 1.29 is 4.79 Å². The molecule has 1 amide bonds. The van der Waals surface area contributed by atoms with Gasteiger partial charge in [-0.15, -0.1) is 0 Å². The van der Waals surface area contributed by atoms with Crippen LogP contribution >= 0.6 is 0 Å². The van der Waals surface area contributed by atoms with Crippen molar-refractivity contribution in [2.75, 3.05) is 13.1 Å². The van der Waals surface area contributed by atoms with Crippen LogP contribution in [0.15, 0.2) is 76.9 Å². The summed E-state index contributed by atoms with van der Waals surface area (Å²) in [5.74, 6) is 0.0238. The Morgan fingerprint density at radius 1 is 1.08 bits per heavy atom. The zero-order valence-electron chi connectivity index (χ0n) is 14.3. The van der Waals surface area contributed by atoms with Crippen molar-refractivity contribution in [3.63, 3.8) is 0 Å². The van der Waals surface area contributed by atoms with Crippen molar-refractivity contribution in [1.82, 2.24) is 10.2 Å². The molecule has 4 nitrogen and oxygen atoms in total. The van der Waals surface area contributed by atoms with E-state index in [9.17, 15) is 4.79 Å². The highest BCUT2D eigenvalue weighted by molar-refractivity contribution is 6.48. The van der Waals surface area contributed by atoms with Gasteiger partial charge in [0, 0.05) is 24.4 Å². The predicted octanol–water partition coefficient (Wildman–Crippen LogP) is 3.09. The summed E-state index contributed by atoms with van der Waals surface area (Å²) in [6.45, 7) is 4.02. The van der Waals surface area contributed by atoms with E-state index in [2.05, 4.69) is 34.6 Å². The molecule has 25 heavy (non-hydrogen) atoms.